The highest BCUT2D eigenvalue weighted by molar-refractivity contribution is 7.92. The maximum atomic E-state index is 14.5. The number of nitrogens with zero attached hydrogens (tertiary/aromatic N) is 2. The van der Waals surface area contributed by atoms with Crippen LogP contribution in [0.15, 0.2) is 108 Å². The zero-order valence-electron chi connectivity index (χ0n) is 25.2. The first-order valence-corrected chi connectivity index (χ1v) is 15.9. The second kappa shape index (κ2) is 14.2. The van der Waals surface area contributed by atoms with Crippen LogP contribution in [0.1, 0.15) is 34.7 Å². The first-order chi connectivity index (χ1) is 20.6. The summed E-state index contributed by atoms with van der Waals surface area (Å²) in [5.74, 6) is -0.774. The molecule has 4 rings (SSSR count). The van der Waals surface area contributed by atoms with Gasteiger partial charge in [0.15, 0.2) is 0 Å². The minimum absolute atomic E-state index is 0.0818. The van der Waals surface area contributed by atoms with E-state index in [0.29, 0.717) is 12.2 Å². The van der Waals surface area contributed by atoms with Crippen LogP contribution in [0.25, 0.3) is 0 Å². The van der Waals surface area contributed by atoms with Crippen LogP contribution in [0.4, 0.5) is 5.69 Å². The molecule has 0 aromatic heterocycles. The number of hydrogen-bond acceptors (Lipinski definition) is 4. The third-order valence-corrected chi connectivity index (χ3v) is 9.32. The zero-order valence-corrected chi connectivity index (χ0v) is 26.0. The van der Waals surface area contributed by atoms with Gasteiger partial charge in [-0.1, -0.05) is 90.5 Å². The van der Waals surface area contributed by atoms with E-state index in [4.69, 9.17) is 0 Å². The molecule has 0 saturated heterocycles. The van der Waals surface area contributed by atoms with E-state index >= 15 is 0 Å². The van der Waals surface area contributed by atoms with Crippen molar-refractivity contribution in [1.82, 2.24) is 10.2 Å². The monoisotopic (exact) mass is 597 g/mol. The second-order valence-corrected chi connectivity index (χ2v) is 12.5. The third kappa shape index (κ3) is 7.70. The van der Waals surface area contributed by atoms with Crippen LogP contribution in [0.2, 0.25) is 0 Å². The van der Waals surface area contributed by atoms with Crippen LogP contribution < -0.4 is 9.62 Å². The van der Waals surface area contributed by atoms with E-state index in [0.717, 1.165) is 27.8 Å². The Balaban J connectivity index is 1.81. The van der Waals surface area contributed by atoms with E-state index in [1.54, 1.807) is 30.3 Å². The van der Waals surface area contributed by atoms with Crippen LogP contribution in [-0.2, 0) is 32.6 Å². The van der Waals surface area contributed by atoms with Gasteiger partial charge in [-0.25, -0.2) is 8.42 Å². The molecule has 0 bridgehead atoms. The molecule has 0 saturated carbocycles. The third-order valence-electron chi connectivity index (χ3n) is 7.55. The lowest BCUT2D eigenvalue weighted by molar-refractivity contribution is -0.140. The SMILES string of the molecule is CCNC(=O)[C@@H](Cc1ccccc1)N(Cc1ccc(C)cc1)C(=O)CN(c1cccc(C)c1C)S(=O)(=O)c1ccccc1. The van der Waals surface area contributed by atoms with Gasteiger partial charge in [-0.15, -0.1) is 0 Å². The molecule has 0 radical (unpaired) electrons. The number of rotatable bonds is 12. The Kier molecular flexibility index (Phi) is 10.4. The van der Waals surface area contributed by atoms with Crippen molar-refractivity contribution >= 4 is 27.5 Å². The summed E-state index contributed by atoms with van der Waals surface area (Å²) in [6.07, 6.45) is 0.277. The number of sulfonamides is 1. The second-order valence-electron chi connectivity index (χ2n) is 10.7. The molecule has 4 aromatic rings. The van der Waals surface area contributed by atoms with Crippen molar-refractivity contribution in [2.24, 2.45) is 0 Å². The number of hydrogen-bond donors (Lipinski definition) is 1. The Morgan fingerprint density at radius 3 is 2.02 bits per heavy atom. The molecule has 224 valence electrons. The fraction of sp³-hybridized carbons (Fsp3) is 0.257. The number of nitrogens with one attached hydrogen (secondary N) is 1. The summed E-state index contributed by atoms with van der Waals surface area (Å²) >= 11 is 0. The molecular weight excluding hydrogens is 558 g/mol. The molecule has 0 heterocycles. The predicted octanol–water partition coefficient (Wildman–Crippen LogP) is 5.58. The number of amides is 2. The maximum Gasteiger partial charge on any atom is 0.264 e. The molecule has 0 aliphatic rings. The Labute approximate surface area is 255 Å². The van der Waals surface area contributed by atoms with Crippen molar-refractivity contribution in [2.45, 2.75) is 51.6 Å². The summed E-state index contributed by atoms with van der Waals surface area (Å²) in [5, 5.41) is 2.89. The largest absolute Gasteiger partial charge is 0.355 e. The smallest absolute Gasteiger partial charge is 0.264 e. The molecule has 1 N–H and O–H groups in total. The van der Waals surface area contributed by atoms with Crippen molar-refractivity contribution in [1.29, 1.82) is 0 Å². The van der Waals surface area contributed by atoms with Crippen LogP contribution in [0, 0.1) is 20.8 Å². The lowest BCUT2D eigenvalue weighted by Gasteiger charge is -2.34. The van der Waals surface area contributed by atoms with Crippen molar-refractivity contribution in [3.05, 3.63) is 131 Å². The topological polar surface area (TPSA) is 86.8 Å². The molecule has 1 atom stereocenters. The lowest BCUT2D eigenvalue weighted by atomic mass is 10.0. The van der Waals surface area contributed by atoms with E-state index in [-0.39, 0.29) is 23.8 Å². The Morgan fingerprint density at radius 2 is 1.40 bits per heavy atom. The van der Waals surface area contributed by atoms with Crippen LogP contribution in [0.3, 0.4) is 0 Å². The molecule has 0 aliphatic heterocycles. The normalized spacial score (nSPS) is 11.9. The molecular formula is C35H39N3O4S. The van der Waals surface area contributed by atoms with Crippen LogP contribution >= 0.6 is 0 Å². The summed E-state index contributed by atoms with van der Waals surface area (Å²) in [6, 6.07) is 29.9. The van der Waals surface area contributed by atoms with Crippen molar-refractivity contribution in [3.63, 3.8) is 0 Å². The number of likely N-dealkylation sites (N-methyl/N-ethyl adjacent to an activating group) is 1. The van der Waals surface area contributed by atoms with Crippen LogP contribution in [-0.4, -0.2) is 44.3 Å². The first-order valence-electron chi connectivity index (χ1n) is 14.4. The molecule has 2 amide bonds. The average molecular weight is 598 g/mol. The maximum absolute atomic E-state index is 14.5. The Hall–Kier alpha value is -4.43. The van der Waals surface area contributed by atoms with Gasteiger partial charge in [0.1, 0.15) is 12.6 Å². The number of carbonyl (C=O) groups excluding carboxylic acids is 2. The van der Waals surface area contributed by atoms with Gasteiger partial charge in [-0.05, 0) is 68.1 Å². The lowest BCUT2D eigenvalue weighted by Crippen LogP contribution is -2.53. The number of benzene rings is 4. The van der Waals surface area contributed by atoms with Crippen molar-refractivity contribution < 1.29 is 18.0 Å². The molecule has 7 nitrogen and oxygen atoms in total. The minimum atomic E-state index is -4.13. The zero-order chi connectivity index (χ0) is 31.0. The van der Waals surface area contributed by atoms with Gasteiger partial charge in [0.2, 0.25) is 11.8 Å². The molecule has 0 aliphatic carbocycles. The Bertz CT molecular complexity index is 1640. The summed E-state index contributed by atoms with van der Waals surface area (Å²) < 4.78 is 29.4. The van der Waals surface area contributed by atoms with Gasteiger partial charge in [0.05, 0.1) is 10.6 Å². The van der Waals surface area contributed by atoms with Gasteiger partial charge < -0.3 is 10.2 Å². The number of aryl methyl sites for hydroxylation is 2. The highest BCUT2D eigenvalue weighted by Crippen LogP contribution is 2.29. The van der Waals surface area contributed by atoms with Crippen LogP contribution in [0.5, 0.6) is 0 Å². The summed E-state index contributed by atoms with van der Waals surface area (Å²) in [5.41, 5.74) is 4.88. The fourth-order valence-corrected chi connectivity index (χ4v) is 6.47. The standard InChI is InChI=1S/C35H39N3O4S/c1-5-36-35(40)33(23-29-14-8-6-9-15-29)37(24-30-21-19-26(2)20-22-30)34(39)25-38(32-18-12-13-27(3)28(32)4)43(41,42)31-16-10-7-11-17-31/h6-22,33H,5,23-25H2,1-4H3,(H,36,40)/t33-/m1/s1. The molecule has 0 spiro atoms. The molecule has 8 heteroatoms. The van der Waals surface area contributed by atoms with Gasteiger partial charge in [-0.2, -0.15) is 0 Å². The average Bonchev–Trinajstić information content (AvgIpc) is 3.01. The van der Waals surface area contributed by atoms with Gasteiger partial charge in [0.25, 0.3) is 10.0 Å². The van der Waals surface area contributed by atoms with E-state index in [1.165, 1.54) is 21.3 Å². The molecule has 0 unspecified atom stereocenters. The van der Waals surface area contributed by atoms with Crippen molar-refractivity contribution in [2.75, 3.05) is 17.4 Å². The van der Waals surface area contributed by atoms with E-state index in [1.807, 2.05) is 88.4 Å². The molecule has 4 aromatic carbocycles. The predicted molar refractivity (Wildman–Crippen MR) is 171 cm³/mol. The summed E-state index contributed by atoms with van der Waals surface area (Å²) in [7, 11) is -4.13. The summed E-state index contributed by atoms with van der Waals surface area (Å²) in [6.45, 7) is 7.63. The van der Waals surface area contributed by atoms with E-state index in [9.17, 15) is 18.0 Å². The first kappa shape index (κ1) is 31.5. The van der Waals surface area contributed by atoms with Gasteiger partial charge >= 0.3 is 0 Å². The Morgan fingerprint density at radius 1 is 0.767 bits per heavy atom. The molecule has 43 heavy (non-hydrogen) atoms. The highest BCUT2D eigenvalue weighted by Gasteiger charge is 2.35. The number of carbonyl (C=O) groups is 2. The highest BCUT2D eigenvalue weighted by atomic mass is 32.2. The number of anilines is 1. The quantitative estimate of drug-likeness (QED) is 0.231. The van der Waals surface area contributed by atoms with Crippen molar-refractivity contribution in [3.8, 4) is 0 Å². The van der Waals surface area contributed by atoms with E-state index in [2.05, 4.69) is 5.32 Å². The van der Waals surface area contributed by atoms with Gasteiger partial charge in [-0.3, -0.25) is 13.9 Å². The molecule has 0 fully saturated rings. The summed E-state index contributed by atoms with van der Waals surface area (Å²) in [4.78, 5) is 29.6. The van der Waals surface area contributed by atoms with E-state index < -0.39 is 28.5 Å². The van der Waals surface area contributed by atoms with Gasteiger partial charge in [0, 0.05) is 19.5 Å². The fourth-order valence-electron chi connectivity index (χ4n) is 4.97. The minimum Gasteiger partial charge on any atom is -0.355 e.